The molecule has 3 aromatic rings. The van der Waals surface area contributed by atoms with Gasteiger partial charge in [-0.15, -0.1) is 0 Å². The molecule has 1 heterocycles. The number of aryl methyl sites for hydroxylation is 2. The van der Waals surface area contributed by atoms with E-state index in [1.807, 2.05) is 56.3 Å². The molecule has 1 saturated heterocycles. The van der Waals surface area contributed by atoms with Gasteiger partial charge in [0, 0.05) is 11.6 Å². The summed E-state index contributed by atoms with van der Waals surface area (Å²) in [6.07, 6.45) is 1.28. The van der Waals surface area contributed by atoms with Gasteiger partial charge in [-0.25, -0.2) is 0 Å². The Bertz CT molecular complexity index is 1130. The molecule has 2 amide bonds. The lowest BCUT2D eigenvalue weighted by Gasteiger charge is -2.36. The van der Waals surface area contributed by atoms with E-state index in [0.717, 1.165) is 22.4 Å². The number of hydrogen-bond donors (Lipinski definition) is 3. The van der Waals surface area contributed by atoms with Gasteiger partial charge in [0.25, 0.3) is 0 Å². The first-order chi connectivity index (χ1) is 16.4. The molecule has 3 N–H and O–H groups in total. The standard InChI is InChI=1S/C28H31N3O3/c1-19-16-20(2)18-23(17-19)29-28(34)26(21-8-4-3-5-9-21)31-14-12-22(13-15-31)27(33)30-24-10-6-7-11-25(24)32/h3-11,16-18,22,26,32H,12-15H2,1-2H3,(H,29,34)(H,30,33)/t26-/m0/s1. The fourth-order valence-electron chi connectivity index (χ4n) is 4.65. The molecule has 0 radical (unpaired) electrons. The number of carbonyl (C=O) groups is 2. The molecule has 0 aliphatic carbocycles. The highest BCUT2D eigenvalue weighted by Crippen LogP contribution is 2.30. The highest BCUT2D eigenvalue weighted by atomic mass is 16.3. The fourth-order valence-corrected chi connectivity index (χ4v) is 4.65. The van der Waals surface area contributed by atoms with Gasteiger partial charge in [0.15, 0.2) is 0 Å². The molecular weight excluding hydrogens is 426 g/mol. The zero-order valence-electron chi connectivity index (χ0n) is 19.6. The molecule has 0 bridgehead atoms. The number of piperidine rings is 1. The van der Waals surface area contributed by atoms with Crippen LogP contribution in [-0.2, 0) is 9.59 Å². The monoisotopic (exact) mass is 457 g/mol. The Morgan fingerprint density at radius 3 is 2.15 bits per heavy atom. The lowest BCUT2D eigenvalue weighted by Crippen LogP contribution is -2.44. The van der Waals surface area contributed by atoms with Gasteiger partial charge in [-0.1, -0.05) is 48.5 Å². The number of rotatable bonds is 6. The fraction of sp³-hybridized carbons (Fsp3) is 0.286. The first-order valence-corrected chi connectivity index (χ1v) is 11.7. The quantitative estimate of drug-likeness (QED) is 0.453. The van der Waals surface area contributed by atoms with Gasteiger partial charge in [-0.3, -0.25) is 14.5 Å². The molecule has 0 saturated carbocycles. The predicted octanol–water partition coefficient (Wildman–Crippen LogP) is 5.04. The number of para-hydroxylation sites is 2. The van der Waals surface area contributed by atoms with E-state index >= 15 is 0 Å². The molecule has 1 fully saturated rings. The van der Waals surface area contributed by atoms with Crippen LogP contribution in [0.2, 0.25) is 0 Å². The summed E-state index contributed by atoms with van der Waals surface area (Å²) in [5.41, 5.74) is 4.34. The number of likely N-dealkylation sites (tertiary alicyclic amines) is 1. The highest BCUT2D eigenvalue weighted by molar-refractivity contribution is 5.96. The van der Waals surface area contributed by atoms with E-state index < -0.39 is 6.04 Å². The maximum absolute atomic E-state index is 13.5. The molecular formula is C28H31N3O3. The molecule has 3 aromatic carbocycles. The second-order valence-corrected chi connectivity index (χ2v) is 9.00. The second-order valence-electron chi connectivity index (χ2n) is 9.00. The molecule has 1 aliphatic rings. The molecule has 6 nitrogen and oxygen atoms in total. The predicted molar refractivity (Wildman–Crippen MR) is 135 cm³/mol. The third-order valence-corrected chi connectivity index (χ3v) is 6.28. The normalized spacial score (nSPS) is 15.5. The Hall–Kier alpha value is -3.64. The van der Waals surface area contributed by atoms with Crippen molar-refractivity contribution in [2.24, 2.45) is 5.92 Å². The molecule has 0 unspecified atom stereocenters. The molecule has 1 aliphatic heterocycles. The van der Waals surface area contributed by atoms with Crippen LogP contribution >= 0.6 is 0 Å². The minimum Gasteiger partial charge on any atom is -0.506 e. The van der Waals surface area contributed by atoms with Gasteiger partial charge in [0.1, 0.15) is 11.8 Å². The maximum atomic E-state index is 13.5. The smallest absolute Gasteiger partial charge is 0.246 e. The van der Waals surface area contributed by atoms with E-state index in [0.29, 0.717) is 31.6 Å². The molecule has 6 heteroatoms. The van der Waals surface area contributed by atoms with Crippen LogP contribution in [0.4, 0.5) is 11.4 Å². The van der Waals surface area contributed by atoms with E-state index in [2.05, 4.69) is 21.6 Å². The van der Waals surface area contributed by atoms with Crippen LogP contribution in [-0.4, -0.2) is 34.9 Å². The van der Waals surface area contributed by atoms with Gasteiger partial charge in [0.05, 0.1) is 5.69 Å². The van der Waals surface area contributed by atoms with Crippen molar-refractivity contribution in [2.45, 2.75) is 32.7 Å². The number of phenols is 1. The van der Waals surface area contributed by atoms with Crippen molar-refractivity contribution in [3.8, 4) is 5.75 Å². The minimum absolute atomic E-state index is 0.0560. The van der Waals surface area contributed by atoms with Gasteiger partial charge >= 0.3 is 0 Å². The van der Waals surface area contributed by atoms with Gasteiger partial charge in [-0.05, 0) is 80.7 Å². The van der Waals surface area contributed by atoms with Crippen molar-refractivity contribution in [3.05, 3.63) is 89.5 Å². The van der Waals surface area contributed by atoms with Crippen LogP contribution < -0.4 is 10.6 Å². The molecule has 0 spiro atoms. The molecule has 176 valence electrons. The number of carbonyl (C=O) groups excluding carboxylic acids is 2. The molecule has 1 atom stereocenters. The zero-order valence-corrected chi connectivity index (χ0v) is 19.6. The van der Waals surface area contributed by atoms with Crippen molar-refractivity contribution in [1.82, 2.24) is 4.90 Å². The molecule has 34 heavy (non-hydrogen) atoms. The van der Waals surface area contributed by atoms with Crippen molar-refractivity contribution < 1.29 is 14.7 Å². The lowest BCUT2D eigenvalue weighted by atomic mass is 9.93. The highest BCUT2D eigenvalue weighted by Gasteiger charge is 2.33. The van der Waals surface area contributed by atoms with Crippen molar-refractivity contribution in [3.63, 3.8) is 0 Å². The van der Waals surface area contributed by atoms with Crippen LogP contribution in [0.1, 0.15) is 35.6 Å². The summed E-state index contributed by atoms with van der Waals surface area (Å²) in [6, 6.07) is 22.1. The number of amides is 2. The third-order valence-electron chi connectivity index (χ3n) is 6.28. The Morgan fingerprint density at radius 2 is 1.50 bits per heavy atom. The number of benzene rings is 3. The van der Waals surface area contributed by atoms with E-state index in [9.17, 15) is 14.7 Å². The van der Waals surface area contributed by atoms with Crippen LogP contribution in [0.3, 0.4) is 0 Å². The second kappa shape index (κ2) is 10.5. The summed E-state index contributed by atoms with van der Waals surface area (Å²) >= 11 is 0. The Labute approximate surface area is 200 Å². The number of nitrogens with one attached hydrogen (secondary N) is 2. The summed E-state index contributed by atoms with van der Waals surface area (Å²) in [4.78, 5) is 28.4. The molecule has 0 aromatic heterocycles. The van der Waals surface area contributed by atoms with E-state index in [1.165, 1.54) is 0 Å². The van der Waals surface area contributed by atoms with E-state index in [1.54, 1.807) is 24.3 Å². The summed E-state index contributed by atoms with van der Waals surface area (Å²) in [5, 5.41) is 15.9. The summed E-state index contributed by atoms with van der Waals surface area (Å²) in [5.74, 6) is -0.291. The summed E-state index contributed by atoms with van der Waals surface area (Å²) < 4.78 is 0. The number of aromatic hydroxyl groups is 1. The average molecular weight is 458 g/mol. The SMILES string of the molecule is Cc1cc(C)cc(NC(=O)[C@H](c2ccccc2)N2CCC(C(=O)Nc3ccccc3O)CC2)c1. The average Bonchev–Trinajstić information content (AvgIpc) is 2.81. The number of phenolic OH excluding ortho intramolecular Hbond substituents is 1. The first-order valence-electron chi connectivity index (χ1n) is 11.7. The number of anilines is 2. The zero-order chi connectivity index (χ0) is 24.1. The Kier molecular flexibility index (Phi) is 7.28. The summed E-state index contributed by atoms with van der Waals surface area (Å²) in [7, 11) is 0. The van der Waals surface area contributed by atoms with Crippen molar-refractivity contribution in [1.29, 1.82) is 0 Å². The van der Waals surface area contributed by atoms with E-state index in [4.69, 9.17) is 0 Å². The number of nitrogens with zero attached hydrogens (tertiary/aromatic N) is 1. The largest absolute Gasteiger partial charge is 0.506 e. The Balaban J connectivity index is 1.46. The van der Waals surface area contributed by atoms with Crippen molar-refractivity contribution >= 4 is 23.2 Å². The van der Waals surface area contributed by atoms with Gasteiger partial charge < -0.3 is 15.7 Å². The van der Waals surface area contributed by atoms with E-state index in [-0.39, 0.29) is 23.5 Å². The summed E-state index contributed by atoms with van der Waals surface area (Å²) in [6.45, 7) is 5.28. The maximum Gasteiger partial charge on any atom is 0.246 e. The van der Waals surface area contributed by atoms with Gasteiger partial charge in [0.2, 0.25) is 11.8 Å². The molecule has 4 rings (SSSR count). The third kappa shape index (κ3) is 5.64. The minimum atomic E-state index is -0.441. The van der Waals surface area contributed by atoms with Crippen LogP contribution in [0.25, 0.3) is 0 Å². The van der Waals surface area contributed by atoms with Crippen molar-refractivity contribution in [2.75, 3.05) is 23.7 Å². The van der Waals surface area contributed by atoms with Crippen LogP contribution in [0.5, 0.6) is 5.75 Å². The Morgan fingerprint density at radius 1 is 0.882 bits per heavy atom. The first kappa shape index (κ1) is 23.5. The van der Waals surface area contributed by atoms with Gasteiger partial charge in [-0.2, -0.15) is 0 Å². The lowest BCUT2D eigenvalue weighted by molar-refractivity contribution is -0.124. The van der Waals surface area contributed by atoms with Crippen LogP contribution in [0.15, 0.2) is 72.8 Å². The van der Waals surface area contributed by atoms with Crippen LogP contribution in [0, 0.1) is 19.8 Å². The number of hydrogen-bond acceptors (Lipinski definition) is 4. The topological polar surface area (TPSA) is 81.7 Å².